The molecule has 2 rings (SSSR count). The molecule has 0 spiro atoms. The molecule has 2 amide bonds. The molecular formula is C18H16BrN3O2. The number of benzene rings is 2. The number of hydrogen-bond donors (Lipinski definition) is 2. The molecule has 0 fully saturated rings. The van der Waals surface area contributed by atoms with Crippen molar-refractivity contribution in [3.05, 3.63) is 58.6 Å². The molecule has 0 aliphatic rings. The third kappa shape index (κ3) is 4.21. The number of nitriles is 1. The summed E-state index contributed by atoms with van der Waals surface area (Å²) in [6.07, 6.45) is 0. The van der Waals surface area contributed by atoms with Crippen LogP contribution in [0.3, 0.4) is 0 Å². The maximum absolute atomic E-state index is 12.4. The van der Waals surface area contributed by atoms with Crippen LogP contribution in [0.25, 0.3) is 0 Å². The Morgan fingerprint density at radius 1 is 1.00 bits per heavy atom. The van der Waals surface area contributed by atoms with Crippen molar-refractivity contribution in [1.29, 1.82) is 5.26 Å². The molecular weight excluding hydrogens is 370 g/mol. The van der Waals surface area contributed by atoms with Crippen LogP contribution in [0.4, 0.5) is 11.4 Å². The average Bonchev–Trinajstić information content (AvgIpc) is 2.55. The van der Waals surface area contributed by atoms with E-state index < -0.39 is 17.2 Å². The molecule has 5 nitrogen and oxygen atoms in total. The van der Waals surface area contributed by atoms with Gasteiger partial charge in [-0.3, -0.25) is 9.59 Å². The number of nitrogens with one attached hydrogen (secondary N) is 2. The quantitative estimate of drug-likeness (QED) is 0.782. The summed E-state index contributed by atoms with van der Waals surface area (Å²) in [5.74, 6) is -0.841. The summed E-state index contributed by atoms with van der Waals surface area (Å²) >= 11 is 3.33. The van der Waals surface area contributed by atoms with E-state index in [1.807, 2.05) is 12.1 Å². The molecule has 24 heavy (non-hydrogen) atoms. The molecule has 0 atom stereocenters. The molecule has 0 saturated heterocycles. The first kappa shape index (κ1) is 17.7. The Balaban J connectivity index is 2.08. The molecule has 0 unspecified atom stereocenters. The van der Waals surface area contributed by atoms with Crippen LogP contribution in [-0.4, -0.2) is 11.8 Å². The van der Waals surface area contributed by atoms with Gasteiger partial charge in [0.2, 0.25) is 11.8 Å². The van der Waals surface area contributed by atoms with Crippen LogP contribution in [0, 0.1) is 16.7 Å². The van der Waals surface area contributed by atoms with E-state index in [0.29, 0.717) is 16.9 Å². The Hall–Kier alpha value is -2.65. The SMILES string of the molecule is CC(C)(C(=O)Nc1ccc(C#N)cc1)C(=O)Nc1cccc(Br)c1. The first-order chi connectivity index (χ1) is 11.3. The van der Waals surface area contributed by atoms with Gasteiger partial charge >= 0.3 is 0 Å². The van der Waals surface area contributed by atoms with Crippen LogP contribution in [-0.2, 0) is 9.59 Å². The van der Waals surface area contributed by atoms with E-state index in [4.69, 9.17) is 5.26 Å². The second-order valence-corrected chi connectivity index (χ2v) is 6.65. The van der Waals surface area contributed by atoms with Crippen LogP contribution in [0.15, 0.2) is 53.0 Å². The fourth-order valence-corrected chi connectivity index (χ4v) is 2.27. The predicted molar refractivity (Wildman–Crippen MR) is 96.3 cm³/mol. The lowest BCUT2D eigenvalue weighted by Gasteiger charge is -2.22. The van der Waals surface area contributed by atoms with Crippen molar-refractivity contribution < 1.29 is 9.59 Å². The van der Waals surface area contributed by atoms with Crippen molar-refractivity contribution in [3.8, 4) is 6.07 Å². The topological polar surface area (TPSA) is 82.0 Å². The van der Waals surface area contributed by atoms with Gasteiger partial charge in [-0.15, -0.1) is 0 Å². The van der Waals surface area contributed by atoms with Gasteiger partial charge in [0.15, 0.2) is 0 Å². The Morgan fingerprint density at radius 2 is 1.58 bits per heavy atom. The van der Waals surface area contributed by atoms with E-state index in [2.05, 4.69) is 26.6 Å². The highest BCUT2D eigenvalue weighted by molar-refractivity contribution is 9.10. The Morgan fingerprint density at radius 3 is 2.12 bits per heavy atom. The maximum atomic E-state index is 12.4. The molecule has 0 aromatic heterocycles. The van der Waals surface area contributed by atoms with Crippen molar-refractivity contribution in [2.24, 2.45) is 5.41 Å². The molecule has 0 radical (unpaired) electrons. The van der Waals surface area contributed by atoms with E-state index in [0.717, 1.165) is 4.47 Å². The Labute approximate surface area is 148 Å². The zero-order chi connectivity index (χ0) is 17.7. The van der Waals surface area contributed by atoms with Gasteiger partial charge in [-0.05, 0) is 56.3 Å². The summed E-state index contributed by atoms with van der Waals surface area (Å²) in [6.45, 7) is 3.11. The molecule has 0 heterocycles. The number of carbonyl (C=O) groups excluding carboxylic acids is 2. The fraction of sp³-hybridized carbons (Fsp3) is 0.167. The highest BCUT2D eigenvalue weighted by Gasteiger charge is 2.36. The smallest absolute Gasteiger partial charge is 0.239 e. The molecule has 6 heteroatoms. The number of amides is 2. The van der Waals surface area contributed by atoms with E-state index in [1.54, 1.807) is 56.3 Å². The average molecular weight is 386 g/mol. The molecule has 0 saturated carbocycles. The van der Waals surface area contributed by atoms with E-state index in [1.165, 1.54) is 0 Å². The molecule has 2 aromatic carbocycles. The third-order valence-electron chi connectivity index (χ3n) is 3.49. The first-order valence-corrected chi connectivity index (χ1v) is 8.01. The van der Waals surface area contributed by atoms with Crippen LogP contribution >= 0.6 is 15.9 Å². The number of rotatable bonds is 4. The van der Waals surface area contributed by atoms with Crippen LogP contribution < -0.4 is 10.6 Å². The van der Waals surface area contributed by atoms with Gasteiger partial charge in [0, 0.05) is 15.8 Å². The number of halogens is 1. The molecule has 0 bridgehead atoms. The fourth-order valence-electron chi connectivity index (χ4n) is 1.87. The van der Waals surface area contributed by atoms with Crippen molar-refractivity contribution in [1.82, 2.24) is 0 Å². The highest BCUT2D eigenvalue weighted by Crippen LogP contribution is 2.23. The third-order valence-corrected chi connectivity index (χ3v) is 3.98. The van der Waals surface area contributed by atoms with Gasteiger partial charge in [0.1, 0.15) is 5.41 Å². The Bertz CT molecular complexity index is 808. The highest BCUT2D eigenvalue weighted by atomic mass is 79.9. The van der Waals surface area contributed by atoms with Crippen molar-refractivity contribution >= 4 is 39.1 Å². The maximum Gasteiger partial charge on any atom is 0.239 e. The minimum Gasteiger partial charge on any atom is -0.325 e. The van der Waals surface area contributed by atoms with Crippen molar-refractivity contribution in [2.75, 3.05) is 10.6 Å². The number of carbonyl (C=O) groups is 2. The summed E-state index contributed by atoms with van der Waals surface area (Å²) in [5.41, 5.74) is 0.367. The first-order valence-electron chi connectivity index (χ1n) is 7.21. The zero-order valence-electron chi connectivity index (χ0n) is 13.3. The normalized spacial score (nSPS) is 10.6. The monoisotopic (exact) mass is 385 g/mol. The second-order valence-electron chi connectivity index (χ2n) is 5.73. The number of nitrogens with zero attached hydrogens (tertiary/aromatic N) is 1. The van der Waals surface area contributed by atoms with E-state index >= 15 is 0 Å². The summed E-state index contributed by atoms with van der Waals surface area (Å²) in [5, 5.41) is 14.2. The number of anilines is 2. The number of hydrogen-bond acceptors (Lipinski definition) is 3. The standard InChI is InChI=1S/C18H16BrN3O2/c1-18(2,17(24)22-15-5-3-4-13(19)10-15)16(23)21-14-8-6-12(11-20)7-9-14/h3-10H,1-2H3,(H,21,23)(H,22,24). The van der Waals surface area contributed by atoms with Crippen molar-refractivity contribution in [2.45, 2.75) is 13.8 Å². The largest absolute Gasteiger partial charge is 0.325 e. The van der Waals surface area contributed by atoms with Gasteiger partial charge in [0.05, 0.1) is 11.6 Å². The van der Waals surface area contributed by atoms with Gasteiger partial charge in [-0.25, -0.2) is 0 Å². The molecule has 0 aliphatic carbocycles. The minimum absolute atomic E-state index is 0.410. The molecule has 2 aromatic rings. The summed E-state index contributed by atoms with van der Waals surface area (Å²) < 4.78 is 0.833. The molecule has 2 N–H and O–H groups in total. The lowest BCUT2D eigenvalue weighted by atomic mass is 9.90. The van der Waals surface area contributed by atoms with Gasteiger partial charge in [0.25, 0.3) is 0 Å². The van der Waals surface area contributed by atoms with Crippen LogP contribution in [0.2, 0.25) is 0 Å². The minimum atomic E-state index is -1.27. The van der Waals surface area contributed by atoms with Gasteiger partial charge < -0.3 is 10.6 Å². The summed E-state index contributed by atoms with van der Waals surface area (Å²) in [7, 11) is 0. The van der Waals surface area contributed by atoms with Crippen LogP contribution in [0.5, 0.6) is 0 Å². The lowest BCUT2D eigenvalue weighted by molar-refractivity contribution is -0.135. The summed E-state index contributed by atoms with van der Waals surface area (Å²) in [6, 6.07) is 15.6. The second kappa shape index (κ2) is 7.28. The lowest BCUT2D eigenvalue weighted by Crippen LogP contribution is -2.41. The van der Waals surface area contributed by atoms with Gasteiger partial charge in [-0.1, -0.05) is 22.0 Å². The predicted octanol–water partition coefficient (Wildman–Crippen LogP) is 3.92. The van der Waals surface area contributed by atoms with E-state index in [9.17, 15) is 9.59 Å². The van der Waals surface area contributed by atoms with Crippen molar-refractivity contribution in [3.63, 3.8) is 0 Å². The van der Waals surface area contributed by atoms with Gasteiger partial charge in [-0.2, -0.15) is 5.26 Å². The summed E-state index contributed by atoms with van der Waals surface area (Å²) in [4.78, 5) is 24.9. The Kier molecular flexibility index (Phi) is 5.37. The van der Waals surface area contributed by atoms with E-state index in [-0.39, 0.29) is 0 Å². The molecule has 0 aliphatic heterocycles. The zero-order valence-corrected chi connectivity index (χ0v) is 14.8. The molecule has 122 valence electrons. The van der Waals surface area contributed by atoms with Crippen LogP contribution in [0.1, 0.15) is 19.4 Å².